The molecule has 0 unspecified atom stereocenters. The van der Waals surface area contributed by atoms with Gasteiger partial charge in [-0.2, -0.15) is 0 Å². The summed E-state index contributed by atoms with van der Waals surface area (Å²) in [5.41, 5.74) is 3.92. The highest BCUT2D eigenvalue weighted by atomic mass is 16.5. The van der Waals surface area contributed by atoms with Gasteiger partial charge in [0.15, 0.2) is 0 Å². The fraction of sp³-hybridized carbons (Fsp3) is 0.444. The average molecular weight is 481 g/mol. The molecule has 4 rings (SSSR count). The molecule has 1 aliphatic heterocycles. The van der Waals surface area contributed by atoms with Crippen molar-refractivity contribution >= 4 is 18.0 Å². The number of piperidine rings is 1. The van der Waals surface area contributed by atoms with Crippen LogP contribution in [0.1, 0.15) is 43.2 Å². The van der Waals surface area contributed by atoms with Crippen molar-refractivity contribution in [3.05, 3.63) is 59.7 Å². The Bertz CT molecular complexity index is 1030. The van der Waals surface area contributed by atoms with Gasteiger partial charge < -0.3 is 24.8 Å². The van der Waals surface area contributed by atoms with E-state index in [2.05, 4.69) is 29.6 Å². The van der Waals surface area contributed by atoms with Crippen LogP contribution in [0.2, 0.25) is 0 Å². The minimum Gasteiger partial charge on any atom is -0.481 e. The molecule has 0 saturated carbocycles. The Hall–Kier alpha value is -3.39. The summed E-state index contributed by atoms with van der Waals surface area (Å²) in [7, 11) is 0. The molecule has 8 nitrogen and oxygen atoms in total. The minimum atomic E-state index is -0.789. The van der Waals surface area contributed by atoms with Crippen LogP contribution < -0.4 is 5.32 Å². The molecule has 2 N–H and O–H groups in total. The Kier molecular flexibility index (Phi) is 7.70. The van der Waals surface area contributed by atoms with Crippen LogP contribution in [0.25, 0.3) is 11.1 Å². The van der Waals surface area contributed by atoms with Gasteiger partial charge in [-0.05, 0) is 41.5 Å². The normalized spacial score (nSPS) is 16.3. The Morgan fingerprint density at radius 1 is 1.03 bits per heavy atom. The number of fused-ring (bicyclic) bond motifs is 3. The summed E-state index contributed by atoms with van der Waals surface area (Å²) in [6, 6.07) is 16.3. The number of rotatable bonds is 9. The first-order valence-corrected chi connectivity index (χ1v) is 12.1. The van der Waals surface area contributed by atoms with Gasteiger partial charge in [0.1, 0.15) is 13.2 Å². The zero-order valence-electron chi connectivity index (χ0n) is 20.0. The molecule has 2 aromatic rings. The molecule has 1 aliphatic carbocycles. The van der Waals surface area contributed by atoms with E-state index in [9.17, 15) is 19.5 Å². The van der Waals surface area contributed by atoms with Crippen molar-refractivity contribution in [3.63, 3.8) is 0 Å². The topological polar surface area (TPSA) is 105 Å². The number of ether oxygens (including phenoxy) is 2. The molecule has 0 aromatic heterocycles. The molecule has 1 heterocycles. The number of benzene rings is 2. The van der Waals surface area contributed by atoms with Crippen LogP contribution in [-0.2, 0) is 19.1 Å². The van der Waals surface area contributed by atoms with Crippen LogP contribution in [-0.4, -0.2) is 67.4 Å². The maximum Gasteiger partial charge on any atom is 0.407 e. The van der Waals surface area contributed by atoms with Gasteiger partial charge >= 0.3 is 12.1 Å². The number of amides is 2. The number of carbonyl (C=O) groups is 3. The van der Waals surface area contributed by atoms with Crippen molar-refractivity contribution < 1.29 is 29.0 Å². The largest absolute Gasteiger partial charge is 0.481 e. The van der Waals surface area contributed by atoms with Gasteiger partial charge in [0.2, 0.25) is 5.91 Å². The van der Waals surface area contributed by atoms with Crippen molar-refractivity contribution in [2.75, 3.05) is 39.5 Å². The Morgan fingerprint density at radius 3 is 2.20 bits per heavy atom. The number of nitrogens with one attached hydrogen (secondary N) is 1. The van der Waals surface area contributed by atoms with Crippen molar-refractivity contribution in [2.24, 2.45) is 5.41 Å². The molecule has 1 fully saturated rings. The summed E-state index contributed by atoms with van der Waals surface area (Å²) in [5.74, 6) is -0.956. The highest BCUT2D eigenvalue weighted by molar-refractivity contribution is 5.80. The van der Waals surface area contributed by atoms with Crippen molar-refractivity contribution in [1.29, 1.82) is 0 Å². The maximum absolute atomic E-state index is 12.4. The smallest absolute Gasteiger partial charge is 0.407 e. The third-order valence-corrected chi connectivity index (χ3v) is 7.29. The van der Waals surface area contributed by atoms with Gasteiger partial charge in [0.25, 0.3) is 0 Å². The summed E-state index contributed by atoms with van der Waals surface area (Å²) in [6.45, 7) is 3.25. The Balaban J connectivity index is 1.15. The molecule has 0 radical (unpaired) electrons. The van der Waals surface area contributed by atoms with Crippen LogP contribution in [0.5, 0.6) is 0 Å². The fourth-order valence-electron chi connectivity index (χ4n) is 5.03. The van der Waals surface area contributed by atoms with Gasteiger partial charge in [-0.25, -0.2) is 4.79 Å². The second-order valence-corrected chi connectivity index (χ2v) is 9.12. The first-order chi connectivity index (χ1) is 16.9. The number of carbonyl (C=O) groups excluding carboxylic acids is 2. The van der Waals surface area contributed by atoms with E-state index in [4.69, 9.17) is 9.47 Å². The zero-order valence-corrected chi connectivity index (χ0v) is 20.0. The molecular formula is C27H32N2O6. The summed E-state index contributed by atoms with van der Waals surface area (Å²) in [5, 5.41) is 12.1. The first-order valence-electron chi connectivity index (χ1n) is 12.1. The van der Waals surface area contributed by atoms with E-state index in [1.807, 2.05) is 31.2 Å². The number of hydrogen-bond donors (Lipinski definition) is 2. The SMILES string of the molecule is CCC1(C(=O)O)CCN(C(=O)COCCNC(=O)OCC2c3ccccc3-c3ccccc32)CC1. The Labute approximate surface area is 205 Å². The number of likely N-dealkylation sites (tertiary alicyclic amines) is 1. The highest BCUT2D eigenvalue weighted by Crippen LogP contribution is 2.44. The molecule has 2 aliphatic rings. The third-order valence-electron chi connectivity index (χ3n) is 7.29. The second kappa shape index (κ2) is 10.9. The second-order valence-electron chi connectivity index (χ2n) is 9.12. The molecule has 0 spiro atoms. The van der Waals surface area contributed by atoms with E-state index in [1.54, 1.807) is 4.90 Å². The third kappa shape index (κ3) is 5.32. The van der Waals surface area contributed by atoms with Gasteiger partial charge in [0.05, 0.1) is 12.0 Å². The van der Waals surface area contributed by atoms with Crippen LogP contribution in [0.3, 0.4) is 0 Å². The number of alkyl carbamates (subject to hydrolysis) is 1. The van der Waals surface area contributed by atoms with Gasteiger partial charge in [-0.15, -0.1) is 0 Å². The zero-order chi connectivity index (χ0) is 24.8. The molecule has 0 atom stereocenters. The van der Waals surface area contributed by atoms with Crippen molar-refractivity contribution in [1.82, 2.24) is 10.2 Å². The lowest BCUT2D eigenvalue weighted by molar-refractivity contribution is -0.155. The van der Waals surface area contributed by atoms with E-state index in [1.165, 1.54) is 11.1 Å². The number of aliphatic carboxylic acids is 1. The van der Waals surface area contributed by atoms with E-state index < -0.39 is 17.5 Å². The highest BCUT2D eigenvalue weighted by Gasteiger charge is 2.40. The molecule has 2 amide bonds. The summed E-state index contributed by atoms with van der Waals surface area (Å²) >= 11 is 0. The summed E-state index contributed by atoms with van der Waals surface area (Å²) < 4.78 is 10.9. The quantitative estimate of drug-likeness (QED) is 0.531. The van der Waals surface area contributed by atoms with Gasteiger partial charge in [-0.1, -0.05) is 55.5 Å². The predicted octanol–water partition coefficient (Wildman–Crippen LogP) is 3.65. The standard InChI is InChI=1S/C27H32N2O6/c1-2-27(25(31)32)11-14-29(15-12-27)24(30)18-34-16-13-28-26(33)35-17-23-21-9-5-3-7-19(21)20-8-4-6-10-22(20)23/h3-10,23H,2,11-18H2,1H3,(H,28,33)(H,31,32). The monoisotopic (exact) mass is 480 g/mol. The Morgan fingerprint density at radius 2 is 1.63 bits per heavy atom. The van der Waals surface area contributed by atoms with Crippen molar-refractivity contribution in [2.45, 2.75) is 32.1 Å². The number of carboxylic acid groups (broad SMARTS) is 1. The number of nitrogens with zero attached hydrogens (tertiary/aromatic N) is 1. The van der Waals surface area contributed by atoms with Crippen LogP contribution in [0.15, 0.2) is 48.5 Å². The lowest BCUT2D eigenvalue weighted by Crippen LogP contribution is -2.47. The summed E-state index contributed by atoms with van der Waals surface area (Å²) in [4.78, 5) is 37.7. The maximum atomic E-state index is 12.4. The molecule has 8 heteroatoms. The van der Waals surface area contributed by atoms with E-state index in [-0.39, 0.29) is 38.2 Å². The molecule has 186 valence electrons. The molecule has 1 saturated heterocycles. The van der Waals surface area contributed by atoms with Crippen LogP contribution in [0.4, 0.5) is 4.79 Å². The summed E-state index contributed by atoms with van der Waals surface area (Å²) in [6.07, 6.45) is 0.937. The van der Waals surface area contributed by atoms with E-state index in [0.717, 1.165) is 11.1 Å². The number of carboxylic acids is 1. The number of hydrogen-bond acceptors (Lipinski definition) is 5. The molecule has 2 aromatic carbocycles. The van der Waals surface area contributed by atoms with Gasteiger partial charge in [0, 0.05) is 25.6 Å². The van der Waals surface area contributed by atoms with Crippen molar-refractivity contribution in [3.8, 4) is 11.1 Å². The average Bonchev–Trinajstić information content (AvgIpc) is 3.20. The molecule has 0 bridgehead atoms. The predicted molar refractivity (Wildman–Crippen MR) is 130 cm³/mol. The van der Waals surface area contributed by atoms with E-state index in [0.29, 0.717) is 32.4 Å². The molecular weight excluding hydrogens is 448 g/mol. The van der Waals surface area contributed by atoms with E-state index >= 15 is 0 Å². The molecule has 35 heavy (non-hydrogen) atoms. The fourth-order valence-corrected chi connectivity index (χ4v) is 5.03. The lowest BCUT2D eigenvalue weighted by atomic mass is 9.76. The van der Waals surface area contributed by atoms with Crippen LogP contribution in [0, 0.1) is 5.41 Å². The first kappa shape index (κ1) is 24.7. The lowest BCUT2D eigenvalue weighted by Gasteiger charge is -2.38. The van der Waals surface area contributed by atoms with Gasteiger partial charge in [-0.3, -0.25) is 9.59 Å². The van der Waals surface area contributed by atoms with Crippen LogP contribution >= 0.6 is 0 Å². The minimum absolute atomic E-state index is 0.000800.